The van der Waals surface area contributed by atoms with Gasteiger partial charge in [-0.05, 0) is 80.5 Å². The van der Waals surface area contributed by atoms with E-state index in [4.69, 9.17) is 23.2 Å². The van der Waals surface area contributed by atoms with Crippen molar-refractivity contribution >= 4 is 52.5 Å². The Labute approximate surface area is 212 Å². The van der Waals surface area contributed by atoms with Crippen LogP contribution in [0.2, 0.25) is 10.0 Å². The number of benzene rings is 1. The standard InChI is InChI=1S/C24H25Cl2N5O2S/c1-13(2)28-23(32)18-9-16(25)7-14(3)21(18)29-24(33)20-10-17(8-15-11-34-12-15)30-31(20)22-19(26)5-4-6-27-22/h4-7,9-10,13,15H,8,11-12H2,1-3H3,(H,28,32)(H,29,33). The van der Waals surface area contributed by atoms with Gasteiger partial charge in [-0.3, -0.25) is 9.59 Å². The summed E-state index contributed by atoms with van der Waals surface area (Å²) in [5.41, 5.74) is 2.43. The zero-order valence-electron chi connectivity index (χ0n) is 19.1. The van der Waals surface area contributed by atoms with Crippen LogP contribution >= 0.6 is 35.0 Å². The SMILES string of the molecule is Cc1cc(Cl)cc(C(=O)NC(C)C)c1NC(=O)c1cc(CC2CSC2)nn1-c1ncccc1Cl. The van der Waals surface area contributed by atoms with Gasteiger partial charge in [-0.1, -0.05) is 23.2 Å². The zero-order chi connectivity index (χ0) is 24.4. The lowest BCUT2D eigenvalue weighted by molar-refractivity contribution is 0.0944. The monoisotopic (exact) mass is 517 g/mol. The fourth-order valence-electron chi connectivity index (χ4n) is 3.69. The van der Waals surface area contributed by atoms with Crippen LogP contribution in [0.5, 0.6) is 0 Å². The molecule has 3 aromatic rings. The third-order valence-corrected chi connectivity index (χ3v) is 7.27. The van der Waals surface area contributed by atoms with Crippen molar-refractivity contribution in [3.8, 4) is 5.82 Å². The number of halogens is 2. The van der Waals surface area contributed by atoms with Crippen LogP contribution in [0.3, 0.4) is 0 Å². The number of aromatic nitrogens is 3. The fraction of sp³-hybridized carbons (Fsp3) is 0.333. The predicted octanol–water partition coefficient (Wildman–Crippen LogP) is 5.18. The molecule has 0 bridgehead atoms. The van der Waals surface area contributed by atoms with Gasteiger partial charge in [0.25, 0.3) is 11.8 Å². The largest absolute Gasteiger partial charge is 0.350 e. The average molecular weight is 518 g/mol. The molecule has 0 unspecified atom stereocenters. The second kappa shape index (κ2) is 10.4. The summed E-state index contributed by atoms with van der Waals surface area (Å²) >= 11 is 14.5. The quantitative estimate of drug-likeness (QED) is 0.450. The van der Waals surface area contributed by atoms with Gasteiger partial charge in [0.15, 0.2) is 5.82 Å². The minimum Gasteiger partial charge on any atom is -0.350 e. The number of pyridine rings is 1. The lowest BCUT2D eigenvalue weighted by atomic mass is 10.1. The minimum absolute atomic E-state index is 0.0738. The highest BCUT2D eigenvalue weighted by atomic mass is 35.5. The van der Waals surface area contributed by atoms with Gasteiger partial charge in [0.1, 0.15) is 5.69 Å². The van der Waals surface area contributed by atoms with E-state index < -0.39 is 5.91 Å². The number of hydrogen-bond acceptors (Lipinski definition) is 5. The number of nitrogens with zero attached hydrogens (tertiary/aromatic N) is 3. The van der Waals surface area contributed by atoms with Gasteiger partial charge in [-0.2, -0.15) is 16.9 Å². The van der Waals surface area contributed by atoms with Gasteiger partial charge in [0, 0.05) is 17.3 Å². The number of hydrogen-bond donors (Lipinski definition) is 2. The van der Waals surface area contributed by atoms with E-state index in [1.165, 1.54) is 4.68 Å². The van der Waals surface area contributed by atoms with Gasteiger partial charge in [-0.15, -0.1) is 0 Å². The summed E-state index contributed by atoms with van der Waals surface area (Å²) < 4.78 is 1.47. The van der Waals surface area contributed by atoms with Crippen molar-refractivity contribution in [2.24, 2.45) is 5.92 Å². The fourth-order valence-corrected chi connectivity index (χ4v) is 4.97. The summed E-state index contributed by atoms with van der Waals surface area (Å²) in [6.07, 6.45) is 2.37. The van der Waals surface area contributed by atoms with Crippen molar-refractivity contribution in [3.63, 3.8) is 0 Å². The van der Waals surface area contributed by atoms with E-state index >= 15 is 0 Å². The van der Waals surface area contributed by atoms with Gasteiger partial charge >= 0.3 is 0 Å². The van der Waals surface area contributed by atoms with Crippen LogP contribution in [0.25, 0.3) is 5.82 Å². The molecule has 0 saturated carbocycles. The van der Waals surface area contributed by atoms with Gasteiger partial charge < -0.3 is 10.6 Å². The molecule has 0 aliphatic carbocycles. The Morgan fingerprint density at radius 1 is 1.21 bits per heavy atom. The van der Waals surface area contributed by atoms with Crippen LogP contribution in [0.4, 0.5) is 5.69 Å². The summed E-state index contributed by atoms with van der Waals surface area (Å²) in [5, 5.41) is 11.2. The second-order valence-corrected chi connectivity index (χ2v) is 10.5. The molecular weight excluding hydrogens is 493 g/mol. The van der Waals surface area contributed by atoms with Crippen LogP contribution in [0.15, 0.2) is 36.5 Å². The molecule has 2 amide bonds. The van der Waals surface area contributed by atoms with Gasteiger partial charge in [-0.25, -0.2) is 9.67 Å². The van der Waals surface area contributed by atoms with Crippen LogP contribution < -0.4 is 10.6 Å². The van der Waals surface area contributed by atoms with E-state index in [9.17, 15) is 9.59 Å². The van der Waals surface area contributed by atoms with Crippen molar-refractivity contribution < 1.29 is 9.59 Å². The number of aryl methyl sites for hydroxylation is 1. The molecule has 1 fully saturated rings. The first-order valence-corrected chi connectivity index (χ1v) is 12.8. The Bertz CT molecular complexity index is 1240. The molecule has 34 heavy (non-hydrogen) atoms. The molecule has 4 rings (SSSR count). The number of carbonyl (C=O) groups excluding carboxylic acids is 2. The minimum atomic E-state index is -0.424. The molecule has 178 valence electrons. The van der Waals surface area contributed by atoms with E-state index in [1.54, 1.807) is 43.5 Å². The van der Waals surface area contributed by atoms with Gasteiger partial charge in [0.05, 0.1) is 22.0 Å². The molecule has 1 aromatic carbocycles. The van der Waals surface area contributed by atoms with Crippen molar-refractivity contribution in [2.75, 3.05) is 16.8 Å². The number of thioether (sulfide) groups is 1. The Morgan fingerprint density at radius 3 is 2.62 bits per heavy atom. The highest BCUT2D eigenvalue weighted by Crippen LogP contribution is 2.30. The maximum atomic E-state index is 13.5. The molecule has 0 atom stereocenters. The summed E-state index contributed by atoms with van der Waals surface area (Å²) in [7, 11) is 0. The maximum absolute atomic E-state index is 13.5. The van der Waals surface area contributed by atoms with Crippen molar-refractivity contribution in [1.82, 2.24) is 20.1 Å². The van der Waals surface area contributed by atoms with Crippen molar-refractivity contribution in [2.45, 2.75) is 33.2 Å². The molecule has 1 aliphatic heterocycles. The molecule has 7 nitrogen and oxygen atoms in total. The van der Waals surface area contributed by atoms with Gasteiger partial charge in [0.2, 0.25) is 0 Å². The molecule has 1 saturated heterocycles. The number of amides is 2. The first kappa shape index (κ1) is 24.6. The third kappa shape index (κ3) is 5.40. The van der Waals surface area contributed by atoms with E-state index in [0.29, 0.717) is 38.6 Å². The average Bonchev–Trinajstić information content (AvgIpc) is 3.16. The highest BCUT2D eigenvalue weighted by Gasteiger charge is 2.25. The number of anilines is 1. The summed E-state index contributed by atoms with van der Waals surface area (Å²) in [5.74, 6) is 2.32. The highest BCUT2D eigenvalue weighted by molar-refractivity contribution is 8.00. The number of nitrogens with one attached hydrogen (secondary N) is 2. The van der Waals surface area contributed by atoms with Crippen LogP contribution in [-0.4, -0.2) is 44.1 Å². The third-order valence-electron chi connectivity index (χ3n) is 5.34. The first-order chi connectivity index (χ1) is 16.2. The van der Waals surface area contributed by atoms with E-state index in [0.717, 1.165) is 23.6 Å². The Kier molecular flexibility index (Phi) is 7.50. The van der Waals surface area contributed by atoms with Crippen molar-refractivity contribution in [1.29, 1.82) is 0 Å². The van der Waals surface area contributed by atoms with E-state index in [-0.39, 0.29) is 17.6 Å². The molecule has 0 radical (unpaired) electrons. The van der Waals surface area contributed by atoms with E-state index in [2.05, 4.69) is 20.7 Å². The molecule has 10 heteroatoms. The Morgan fingerprint density at radius 2 is 1.97 bits per heavy atom. The Balaban J connectivity index is 1.72. The normalized spacial score (nSPS) is 13.6. The van der Waals surface area contributed by atoms with Crippen LogP contribution in [0, 0.1) is 12.8 Å². The summed E-state index contributed by atoms with van der Waals surface area (Å²) in [6.45, 7) is 5.52. The summed E-state index contributed by atoms with van der Waals surface area (Å²) in [6, 6.07) is 8.37. The zero-order valence-corrected chi connectivity index (χ0v) is 21.4. The first-order valence-electron chi connectivity index (χ1n) is 10.9. The maximum Gasteiger partial charge on any atom is 0.274 e. The molecule has 1 aliphatic rings. The molecule has 0 spiro atoms. The topological polar surface area (TPSA) is 88.9 Å². The number of rotatable bonds is 7. The molecular formula is C24H25Cl2N5O2S. The second-order valence-electron chi connectivity index (χ2n) is 8.58. The smallest absolute Gasteiger partial charge is 0.274 e. The Hall–Kier alpha value is -2.55. The predicted molar refractivity (Wildman–Crippen MR) is 138 cm³/mol. The van der Waals surface area contributed by atoms with Crippen LogP contribution in [-0.2, 0) is 6.42 Å². The summed E-state index contributed by atoms with van der Waals surface area (Å²) in [4.78, 5) is 30.7. The lowest BCUT2D eigenvalue weighted by Crippen LogP contribution is -2.31. The molecule has 3 heterocycles. The number of carbonyl (C=O) groups is 2. The van der Waals surface area contributed by atoms with E-state index in [1.807, 2.05) is 25.6 Å². The molecule has 2 N–H and O–H groups in total. The van der Waals surface area contributed by atoms with Crippen LogP contribution in [0.1, 0.15) is 46.0 Å². The lowest BCUT2D eigenvalue weighted by Gasteiger charge is -2.23. The molecule has 2 aromatic heterocycles. The van der Waals surface area contributed by atoms with Crippen molar-refractivity contribution in [3.05, 3.63) is 69.1 Å².